The number of nitro benzene ring substituents is 1. The molecule has 0 spiro atoms. The average Bonchev–Trinajstić information content (AvgIpc) is 2.59. The lowest BCUT2D eigenvalue weighted by molar-refractivity contribution is -0.388. The van der Waals surface area contributed by atoms with Crippen LogP contribution in [0.4, 0.5) is 32.0 Å². The van der Waals surface area contributed by atoms with E-state index in [0.717, 1.165) is 6.07 Å². The fourth-order valence-corrected chi connectivity index (χ4v) is 2.62. The Morgan fingerprint density at radius 2 is 1.48 bits per heavy atom. The highest BCUT2D eigenvalue weighted by Gasteiger charge is 2.39. The van der Waals surface area contributed by atoms with Crippen LogP contribution in [-0.2, 0) is 17.1 Å². The lowest BCUT2D eigenvalue weighted by Gasteiger charge is -2.10. The van der Waals surface area contributed by atoms with Gasteiger partial charge in [0.25, 0.3) is 5.69 Å². The summed E-state index contributed by atoms with van der Waals surface area (Å²) in [6, 6.07) is 3.06. The Balaban J connectivity index is 2.35. The van der Waals surface area contributed by atoms with Crippen molar-refractivity contribution in [3.8, 4) is 0 Å². The molecule has 0 saturated carbocycles. The molecular formula is C16H6BrF6NO5. The number of esters is 2. The quantitative estimate of drug-likeness (QED) is 0.191. The third-order valence-electron chi connectivity index (χ3n) is 3.38. The molecule has 2 aromatic rings. The highest BCUT2D eigenvalue weighted by Crippen LogP contribution is 2.37. The van der Waals surface area contributed by atoms with Crippen LogP contribution >= 0.6 is 15.9 Å². The van der Waals surface area contributed by atoms with Crippen LogP contribution in [0.2, 0.25) is 0 Å². The number of halogens is 7. The van der Waals surface area contributed by atoms with Gasteiger partial charge in [-0.2, -0.15) is 26.3 Å². The maximum absolute atomic E-state index is 12.9. The molecular weight excluding hydrogens is 480 g/mol. The van der Waals surface area contributed by atoms with Gasteiger partial charge in [0.1, 0.15) is 5.56 Å². The summed E-state index contributed by atoms with van der Waals surface area (Å²) >= 11 is 2.76. The first-order valence-electron chi connectivity index (χ1n) is 7.20. The minimum Gasteiger partial charge on any atom is -0.386 e. The van der Waals surface area contributed by atoms with Gasteiger partial charge in [-0.05, 0) is 30.3 Å². The van der Waals surface area contributed by atoms with Crippen LogP contribution in [0.25, 0.3) is 0 Å². The monoisotopic (exact) mass is 485 g/mol. The van der Waals surface area contributed by atoms with Gasteiger partial charge < -0.3 is 4.74 Å². The maximum atomic E-state index is 12.9. The molecule has 0 bridgehead atoms. The molecule has 0 unspecified atom stereocenters. The Hall–Kier alpha value is -2.96. The Morgan fingerprint density at radius 3 is 2.00 bits per heavy atom. The predicted molar refractivity (Wildman–Crippen MR) is 87.0 cm³/mol. The minimum atomic E-state index is -5.19. The number of nitro groups is 1. The Kier molecular flexibility index (Phi) is 6.02. The highest BCUT2D eigenvalue weighted by molar-refractivity contribution is 9.10. The molecule has 0 N–H and O–H groups in total. The van der Waals surface area contributed by atoms with Crippen LogP contribution in [0.1, 0.15) is 31.8 Å². The van der Waals surface area contributed by atoms with Gasteiger partial charge in [0.05, 0.1) is 21.6 Å². The van der Waals surface area contributed by atoms with E-state index in [2.05, 4.69) is 20.7 Å². The second-order valence-electron chi connectivity index (χ2n) is 5.39. The zero-order valence-corrected chi connectivity index (χ0v) is 15.2. The second kappa shape index (κ2) is 7.81. The standard InChI is InChI=1S/C16H6BrF6NO5/c17-10-4-8(3-9(6-10)15(18,19)20)14(26)29-13(25)7-1-2-12(24(27)28)11(5-7)16(21,22)23/h1-6H. The smallest absolute Gasteiger partial charge is 0.386 e. The van der Waals surface area contributed by atoms with Gasteiger partial charge >= 0.3 is 24.3 Å². The number of ether oxygens (including phenoxy) is 1. The summed E-state index contributed by atoms with van der Waals surface area (Å²) in [4.78, 5) is 33.3. The molecule has 0 aliphatic rings. The van der Waals surface area contributed by atoms with Gasteiger partial charge in [-0.3, -0.25) is 10.1 Å². The largest absolute Gasteiger partial charge is 0.423 e. The number of benzene rings is 2. The highest BCUT2D eigenvalue weighted by atomic mass is 79.9. The molecule has 29 heavy (non-hydrogen) atoms. The molecule has 0 amide bonds. The normalized spacial score (nSPS) is 11.8. The fraction of sp³-hybridized carbons (Fsp3) is 0.125. The Morgan fingerprint density at radius 1 is 0.897 bits per heavy atom. The second-order valence-corrected chi connectivity index (χ2v) is 6.31. The van der Waals surface area contributed by atoms with Crippen molar-refractivity contribution < 1.29 is 45.6 Å². The van der Waals surface area contributed by atoms with Crippen molar-refractivity contribution >= 4 is 33.6 Å². The molecule has 13 heteroatoms. The molecule has 0 aliphatic carbocycles. The predicted octanol–water partition coefficient (Wildman–Crippen LogP) is 5.39. The van der Waals surface area contributed by atoms with Crippen molar-refractivity contribution in [2.24, 2.45) is 0 Å². The molecule has 0 aromatic heterocycles. The molecule has 0 fully saturated rings. The van der Waals surface area contributed by atoms with E-state index < -0.39 is 57.2 Å². The Labute approximate surface area is 165 Å². The van der Waals surface area contributed by atoms with Crippen molar-refractivity contribution in [3.05, 3.63) is 73.2 Å². The van der Waals surface area contributed by atoms with Crippen LogP contribution in [0, 0.1) is 10.1 Å². The van der Waals surface area contributed by atoms with Gasteiger partial charge in [-0.25, -0.2) is 9.59 Å². The van der Waals surface area contributed by atoms with Crippen LogP contribution in [0.15, 0.2) is 40.9 Å². The third kappa shape index (κ3) is 5.31. The van der Waals surface area contributed by atoms with Gasteiger partial charge in [-0.1, -0.05) is 15.9 Å². The van der Waals surface area contributed by atoms with E-state index in [1.807, 2.05) is 0 Å². The first-order valence-corrected chi connectivity index (χ1v) is 7.99. The summed E-state index contributed by atoms with van der Waals surface area (Å²) in [6.07, 6.45) is -10.0. The number of alkyl halides is 6. The number of hydrogen-bond acceptors (Lipinski definition) is 5. The summed E-state index contributed by atoms with van der Waals surface area (Å²) in [5.41, 5.74) is -5.88. The molecule has 6 nitrogen and oxygen atoms in total. The number of carbonyl (C=O) groups excluding carboxylic acids is 2. The van der Waals surface area contributed by atoms with E-state index >= 15 is 0 Å². The SMILES string of the molecule is O=C(OC(=O)c1ccc([N+](=O)[O-])c(C(F)(F)F)c1)c1cc(Br)cc(C(F)(F)F)c1. The van der Waals surface area contributed by atoms with Crippen molar-refractivity contribution in [1.82, 2.24) is 0 Å². The summed E-state index contributed by atoms with van der Waals surface area (Å²) in [7, 11) is 0. The molecule has 2 rings (SSSR count). The van der Waals surface area contributed by atoms with Gasteiger partial charge in [0, 0.05) is 10.5 Å². The van der Waals surface area contributed by atoms with Gasteiger partial charge in [-0.15, -0.1) is 0 Å². The summed E-state index contributed by atoms with van der Waals surface area (Å²) in [6.45, 7) is 0. The lowest BCUT2D eigenvalue weighted by atomic mass is 10.1. The van der Waals surface area contributed by atoms with Gasteiger partial charge in [0.15, 0.2) is 0 Å². The van der Waals surface area contributed by atoms with E-state index in [1.165, 1.54) is 0 Å². The summed E-state index contributed by atoms with van der Waals surface area (Å²) in [5, 5.41) is 10.7. The zero-order valence-electron chi connectivity index (χ0n) is 13.6. The molecule has 154 valence electrons. The van der Waals surface area contributed by atoms with Gasteiger partial charge in [0.2, 0.25) is 0 Å². The number of hydrogen-bond donors (Lipinski definition) is 0. The third-order valence-corrected chi connectivity index (χ3v) is 3.84. The van der Waals surface area contributed by atoms with Crippen molar-refractivity contribution in [1.29, 1.82) is 0 Å². The molecule has 2 aromatic carbocycles. The van der Waals surface area contributed by atoms with Crippen LogP contribution in [0.5, 0.6) is 0 Å². The zero-order chi connectivity index (χ0) is 22.1. The van der Waals surface area contributed by atoms with Crippen molar-refractivity contribution in [2.45, 2.75) is 12.4 Å². The maximum Gasteiger partial charge on any atom is 0.423 e. The van der Waals surface area contributed by atoms with Crippen LogP contribution < -0.4 is 0 Å². The van der Waals surface area contributed by atoms with E-state index in [-0.39, 0.29) is 10.5 Å². The molecule has 0 saturated heterocycles. The van der Waals surface area contributed by atoms with E-state index in [9.17, 15) is 46.0 Å². The van der Waals surface area contributed by atoms with E-state index in [0.29, 0.717) is 24.3 Å². The first-order chi connectivity index (χ1) is 13.2. The number of carbonyl (C=O) groups is 2. The van der Waals surface area contributed by atoms with Crippen molar-refractivity contribution in [2.75, 3.05) is 0 Å². The van der Waals surface area contributed by atoms with Crippen LogP contribution in [0.3, 0.4) is 0 Å². The molecule has 0 atom stereocenters. The summed E-state index contributed by atoms with van der Waals surface area (Å²) in [5.74, 6) is -3.20. The molecule has 0 aliphatic heterocycles. The first kappa shape index (κ1) is 22.3. The fourth-order valence-electron chi connectivity index (χ4n) is 2.12. The lowest BCUT2D eigenvalue weighted by Crippen LogP contribution is -2.16. The summed E-state index contributed by atoms with van der Waals surface area (Å²) < 4.78 is 81.4. The number of nitrogens with zero attached hydrogens (tertiary/aromatic N) is 1. The van der Waals surface area contributed by atoms with E-state index in [4.69, 9.17) is 0 Å². The van der Waals surface area contributed by atoms with E-state index in [1.54, 1.807) is 0 Å². The topological polar surface area (TPSA) is 86.5 Å². The minimum absolute atomic E-state index is 0.107. The Bertz CT molecular complexity index is 1000. The average molecular weight is 486 g/mol. The molecule has 0 radical (unpaired) electrons. The molecule has 0 heterocycles. The van der Waals surface area contributed by atoms with Crippen molar-refractivity contribution in [3.63, 3.8) is 0 Å². The number of rotatable bonds is 3. The van der Waals surface area contributed by atoms with Crippen LogP contribution in [-0.4, -0.2) is 16.9 Å².